The summed E-state index contributed by atoms with van der Waals surface area (Å²) in [7, 11) is -3.66. The number of carbonyl (C=O) groups excluding carboxylic acids is 1. The van der Waals surface area contributed by atoms with Crippen molar-refractivity contribution in [1.82, 2.24) is 9.62 Å². The van der Waals surface area contributed by atoms with Crippen LogP contribution >= 0.6 is 11.3 Å². The Balaban J connectivity index is 2.31. The molecular formula is C13H21N3O3S2. The quantitative estimate of drug-likeness (QED) is 0.796. The molecule has 3 N–H and O–H groups in total. The molecule has 1 aromatic rings. The minimum Gasteiger partial charge on any atom is -0.369 e. The third-order valence-electron chi connectivity index (χ3n) is 3.58. The summed E-state index contributed by atoms with van der Waals surface area (Å²) in [5.41, 5.74) is 5.25. The van der Waals surface area contributed by atoms with E-state index in [-0.39, 0.29) is 12.6 Å². The summed E-state index contributed by atoms with van der Waals surface area (Å²) in [6.45, 7) is 3.22. The Hall–Kier alpha value is -0.960. The van der Waals surface area contributed by atoms with Crippen LogP contribution in [-0.4, -0.2) is 44.3 Å². The summed E-state index contributed by atoms with van der Waals surface area (Å²) in [5, 5.41) is 3.19. The van der Waals surface area contributed by atoms with Crippen molar-refractivity contribution in [2.75, 3.05) is 19.6 Å². The molecule has 0 radical (unpaired) electrons. The van der Waals surface area contributed by atoms with Gasteiger partial charge in [0.05, 0.1) is 6.54 Å². The third-order valence-corrected chi connectivity index (χ3v) is 7.17. The number of nitrogens with one attached hydrogen (secondary N) is 1. The van der Waals surface area contributed by atoms with Crippen LogP contribution < -0.4 is 11.1 Å². The van der Waals surface area contributed by atoms with Gasteiger partial charge in [0, 0.05) is 10.9 Å². The van der Waals surface area contributed by atoms with E-state index in [0.717, 1.165) is 24.4 Å². The molecule has 1 aliphatic heterocycles. The van der Waals surface area contributed by atoms with Gasteiger partial charge in [-0.3, -0.25) is 4.79 Å². The Bertz CT molecular complexity index is 592. The number of amides is 1. The molecule has 0 aliphatic carbocycles. The summed E-state index contributed by atoms with van der Waals surface area (Å²) in [4.78, 5) is 12.3. The number of hydrogen-bond donors (Lipinski definition) is 2. The summed E-state index contributed by atoms with van der Waals surface area (Å²) in [6, 6.07) is 3.27. The van der Waals surface area contributed by atoms with Crippen molar-refractivity contribution in [3.8, 4) is 0 Å². The van der Waals surface area contributed by atoms with E-state index in [1.165, 1.54) is 15.6 Å². The lowest BCUT2D eigenvalue weighted by atomic mass is 10.1. The number of sulfonamides is 1. The zero-order valence-electron chi connectivity index (χ0n) is 12.0. The van der Waals surface area contributed by atoms with Crippen LogP contribution in [0.3, 0.4) is 0 Å². The maximum atomic E-state index is 12.8. The molecule has 21 heavy (non-hydrogen) atoms. The van der Waals surface area contributed by atoms with Gasteiger partial charge in [-0.15, -0.1) is 11.3 Å². The highest BCUT2D eigenvalue weighted by atomic mass is 32.2. The first kappa shape index (κ1) is 16.4. The van der Waals surface area contributed by atoms with Crippen molar-refractivity contribution in [3.63, 3.8) is 0 Å². The standard InChI is InChI=1S/C13H21N3O3S2/c1-2-11-3-4-13(20-11)21(18,19)16(9-12(14)17)10-5-7-15-8-6-10/h3-4,10,15H,2,5-9H2,1H3,(H2,14,17). The molecule has 0 spiro atoms. The fourth-order valence-electron chi connectivity index (χ4n) is 2.46. The fourth-order valence-corrected chi connectivity index (χ4v) is 5.54. The van der Waals surface area contributed by atoms with Gasteiger partial charge in [0.15, 0.2) is 0 Å². The average Bonchev–Trinajstić information content (AvgIpc) is 2.95. The van der Waals surface area contributed by atoms with E-state index in [4.69, 9.17) is 5.73 Å². The number of primary amides is 1. The molecule has 1 amide bonds. The average molecular weight is 331 g/mol. The van der Waals surface area contributed by atoms with Gasteiger partial charge in [-0.05, 0) is 44.5 Å². The van der Waals surface area contributed by atoms with Crippen molar-refractivity contribution in [2.45, 2.75) is 36.4 Å². The van der Waals surface area contributed by atoms with Crippen LogP contribution in [0.5, 0.6) is 0 Å². The number of thiophene rings is 1. The van der Waals surface area contributed by atoms with E-state index in [0.29, 0.717) is 17.1 Å². The molecule has 2 rings (SSSR count). The summed E-state index contributed by atoms with van der Waals surface area (Å²) >= 11 is 1.26. The minimum atomic E-state index is -3.66. The highest BCUT2D eigenvalue weighted by Crippen LogP contribution is 2.28. The van der Waals surface area contributed by atoms with Gasteiger partial charge in [0.1, 0.15) is 4.21 Å². The van der Waals surface area contributed by atoms with Crippen LogP contribution in [0.1, 0.15) is 24.6 Å². The van der Waals surface area contributed by atoms with Crippen LogP contribution in [0, 0.1) is 0 Å². The molecular weight excluding hydrogens is 310 g/mol. The Morgan fingerprint density at radius 1 is 1.43 bits per heavy atom. The number of aryl methyl sites for hydroxylation is 1. The van der Waals surface area contributed by atoms with Gasteiger partial charge < -0.3 is 11.1 Å². The van der Waals surface area contributed by atoms with E-state index in [1.54, 1.807) is 6.07 Å². The molecule has 0 atom stereocenters. The van der Waals surface area contributed by atoms with Gasteiger partial charge in [-0.1, -0.05) is 6.92 Å². The SMILES string of the molecule is CCc1ccc(S(=O)(=O)N(CC(N)=O)C2CCNCC2)s1. The molecule has 0 saturated carbocycles. The van der Waals surface area contributed by atoms with Crippen LogP contribution in [0.25, 0.3) is 0 Å². The Morgan fingerprint density at radius 2 is 2.10 bits per heavy atom. The zero-order chi connectivity index (χ0) is 15.5. The zero-order valence-corrected chi connectivity index (χ0v) is 13.7. The smallest absolute Gasteiger partial charge is 0.253 e. The predicted octanol–water partition coefficient (Wildman–Crippen LogP) is 0.538. The maximum absolute atomic E-state index is 12.8. The second-order valence-electron chi connectivity index (χ2n) is 5.07. The van der Waals surface area contributed by atoms with E-state index >= 15 is 0 Å². The van der Waals surface area contributed by atoms with Gasteiger partial charge >= 0.3 is 0 Å². The van der Waals surface area contributed by atoms with Crippen LogP contribution in [0.4, 0.5) is 0 Å². The van der Waals surface area contributed by atoms with Crippen LogP contribution in [0.2, 0.25) is 0 Å². The topological polar surface area (TPSA) is 92.5 Å². The molecule has 1 fully saturated rings. The van der Waals surface area contributed by atoms with Crippen molar-refractivity contribution in [3.05, 3.63) is 17.0 Å². The van der Waals surface area contributed by atoms with Crippen LogP contribution in [-0.2, 0) is 21.2 Å². The molecule has 0 bridgehead atoms. The lowest BCUT2D eigenvalue weighted by Gasteiger charge is -2.32. The molecule has 8 heteroatoms. The first-order valence-electron chi connectivity index (χ1n) is 7.04. The van der Waals surface area contributed by atoms with Crippen molar-refractivity contribution < 1.29 is 13.2 Å². The Morgan fingerprint density at radius 3 is 2.62 bits per heavy atom. The number of nitrogens with two attached hydrogens (primary N) is 1. The van der Waals surface area contributed by atoms with Gasteiger partial charge in [-0.2, -0.15) is 4.31 Å². The normalized spacial score (nSPS) is 17.2. The monoisotopic (exact) mass is 331 g/mol. The minimum absolute atomic E-state index is 0.170. The Kier molecular flexibility index (Phi) is 5.37. The van der Waals surface area contributed by atoms with E-state index in [2.05, 4.69) is 5.32 Å². The number of piperidine rings is 1. The predicted molar refractivity (Wildman–Crippen MR) is 82.7 cm³/mol. The number of carbonyl (C=O) groups is 1. The van der Waals surface area contributed by atoms with Crippen molar-refractivity contribution in [2.24, 2.45) is 5.73 Å². The van der Waals surface area contributed by atoms with Gasteiger partial charge in [-0.25, -0.2) is 8.42 Å². The third kappa shape index (κ3) is 3.82. The summed E-state index contributed by atoms with van der Waals surface area (Å²) in [5.74, 6) is -0.621. The highest BCUT2D eigenvalue weighted by Gasteiger charge is 2.34. The number of hydrogen-bond acceptors (Lipinski definition) is 5. The van der Waals surface area contributed by atoms with E-state index in [1.807, 2.05) is 13.0 Å². The van der Waals surface area contributed by atoms with Crippen LogP contribution in [0.15, 0.2) is 16.3 Å². The van der Waals surface area contributed by atoms with Crippen molar-refractivity contribution >= 4 is 27.3 Å². The Labute approximate surface area is 129 Å². The molecule has 1 saturated heterocycles. The summed E-state index contributed by atoms with van der Waals surface area (Å²) < 4.78 is 27.2. The highest BCUT2D eigenvalue weighted by molar-refractivity contribution is 7.91. The maximum Gasteiger partial charge on any atom is 0.253 e. The molecule has 0 aromatic carbocycles. The second-order valence-corrected chi connectivity index (χ2v) is 8.36. The molecule has 2 heterocycles. The van der Waals surface area contributed by atoms with Crippen molar-refractivity contribution in [1.29, 1.82) is 0 Å². The number of nitrogens with zero attached hydrogens (tertiary/aromatic N) is 1. The van der Waals surface area contributed by atoms with Gasteiger partial charge in [0.25, 0.3) is 10.0 Å². The molecule has 118 valence electrons. The fraction of sp³-hybridized carbons (Fsp3) is 0.615. The van der Waals surface area contributed by atoms with E-state index in [9.17, 15) is 13.2 Å². The second kappa shape index (κ2) is 6.87. The molecule has 0 unspecified atom stereocenters. The first-order chi connectivity index (χ1) is 9.95. The molecule has 1 aromatic heterocycles. The van der Waals surface area contributed by atoms with E-state index < -0.39 is 15.9 Å². The lowest BCUT2D eigenvalue weighted by Crippen LogP contribution is -2.49. The van der Waals surface area contributed by atoms with Gasteiger partial charge in [0.2, 0.25) is 5.91 Å². The molecule has 6 nitrogen and oxygen atoms in total. The lowest BCUT2D eigenvalue weighted by molar-refractivity contribution is -0.118. The number of rotatable bonds is 6. The first-order valence-corrected chi connectivity index (χ1v) is 9.30. The summed E-state index contributed by atoms with van der Waals surface area (Å²) in [6.07, 6.45) is 2.18. The largest absolute Gasteiger partial charge is 0.369 e. The molecule has 1 aliphatic rings.